The highest BCUT2D eigenvalue weighted by atomic mass is 32.1. The Morgan fingerprint density at radius 2 is 1.90 bits per heavy atom. The molecule has 21 heavy (non-hydrogen) atoms. The van der Waals surface area contributed by atoms with Gasteiger partial charge in [-0.3, -0.25) is 4.40 Å². The maximum absolute atomic E-state index is 11.0. The lowest BCUT2D eigenvalue weighted by atomic mass is 10.0. The molecule has 108 valence electrons. The summed E-state index contributed by atoms with van der Waals surface area (Å²) >= 11 is 1.56. The van der Waals surface area contributed by atoms with Gasteiger partial charge in [0.05, 0.1) is 0 Å². The minimum absolute atomic E-state index is 0.0994. The Bertz CT molecular complexity index is 825. The Morgan fingerprint density at radius 3 is 2.48 bits per heavy atom. The second-order valence-corrected chi connectivity index (χ2v) is 6.43. The van der Waals surface area contributed by atoms with E-state index in [0.717, 1.165) is 17.1 Å². The molecule has 0 radical (unpaired) electrons. The lowest BCUT2D eigenvalue weighted by molar-refractivity contribution is 0.0691. The number of benzene rings is 1. The van der Waals surface area contributed by atoms with Crippen LogP contribution in [-0.4, -0.2) is 20.5 Å². The molecule has 5 heteroatoms. The summed E-state index contributed by atoms with van der Waals surface area (Å²) in [6.45, 7) is 6.21. The molecule has 0 atom stereocenters. The van der Waals surface area contributed by atoms with Gasteiger partial charge in [0.15, 0.2) is 10.7 Å². The van der Waals surface area contributed by atoms with Crippen molar-refractivity contribution in [2.45, 2.75) is 27.2 Å². The van der Waals surface area contributed by atoms with E-state index in [2.05, 4.69) is 37.0 Å². The number of hydrogen-bond donors (Lipinski definition) is 1. The van der Waals surface area contributed by atoms with Crippen LogP contribution in [0.1, 0.15) is 37.7 Å². The summed E-state index contributed by atoms with van der Waals surface area (Å²) in [5.41, 5.74) is 4.96. The van der Waals surface area contributed by atoms with Crippen LogP contribution in [0, 0.1) is 20.8 Å². The molecule has 1 aromatic carbocycles. The number of aromatic nitrogens is 2. The molecule has 0 fully saturated rings. The number of fused-ring (bicyclic) bond motifs is 1. The van der Waals surface area contributed by atoms with Crippen LogP contribution < -0.4 is 0 Å². The topological polar surface area (TPSA) is 54.6 Å². The van der Waals surface area contributed by atoms with Crippen LogP contribution in [0.3, 0.4) is 0 Å². The molecule has 0 spiro atoms. The highest BCUT2D eigenvalue weighted by Crippen LogP contribution is 2.26. The molecule has 0 saturated heterocycles. The van der Waals surface area contributed by atoms with Crippen LogP contribution in [0.15, 0.2) is 24.4 Å². The van der Waals surface area contributed by atoms with Crippen LogP contribution in [0.25, 0.3) is 4.96 Å². The predicted octanol–water partition coefficient (Wildman–Crippen LogP) is 3.61. The van der Waals surface area contributed by atoms with Crippen molar-refractivity contribution in [1.29, 1.82) is 0 Å². The van der Waals surface area contributed by atoms with Gasteiger partial charge in [0.2, 0.25) is 0 Å². The van der Waals surface area contributed by atoms with Gasteiger partial charge in [-0.25, -0.2) is 9.78 Å². The standard InChI is InChI=1S/C16H16N2O2S/c1-9-4-10(2)6-12(5-9)7-14-11(3)18-8-13(15(19)20)17-16(18)21-14/h4-6,8H,7H2,1-3H3,(H,19,20). The molecule has 2 heterocycles. The van der Waals surface area contributed by atoms with E-state index in [9.17, 15) is 4.79 Å². The summed E-state index contributed by atoms with van der Waals surface area (Å²) < 4.78 is 1.87. The van der Waals surface area contributed by atoms with Gasteiger partial charge in [-0.05, 0) is 26.3 Å². The van der Waals surface area contributed by atoms with E-state index in [1.165, 1.54) is 21.6 Å². The Labute approximate surface area is 126 Å². The fraction of sp³-hybridized carbons (Fsp3) is 0.250. The van der Waals surface area contributed by atoms with Gasteiger partial charge in [0, 0.05) is 23.2 Å². The van der Waals surface area contributed by atoms with Crippen LogP contribution in [-0.2, 0) is 6.42 Å². The smallest absolute Gasteiger partial charge is 0.356 e. The largest absolute Gasteiger partial charge is 0.476 e. The molecule has 1 N–H and O–H groups in total. The molecule has 3 rings (SSSR count). The molecule has 3 aromatic rings. The number of carboxylic acid groups (broad SMARTS) is 1. The minimum Gasteiger partial charge on any atom is -0.476 e. The molecule has 0 bridgehead atoms. The first-order chi connectivity index (χ1) is 9.94. The van der Waals surface area contributed by atoms with Crippen molar-refractivity contribution in [2.75, 3.05) is 0 Å². The van der Waals surface area contributed by atoms with Crippen molar-refractivity contribution in [3.63, 3.8) is 0 Å². The number of hydrogen-bond acceptors (Lipinski definition) is 3. The fourth-order valence-electron chi connectivity index (χ4n) is 2.62. The average molecular weight is 300 g/mol. The molecule has 0 unspecified atom stereocenters. The Morgan fingerprint density at radius 1 is 1.24 bits per heavy atom. The highest BCUT2D eigenvalue weighted by Gasteiger charge is 2.15. The van der Waals surface area contributed by atoms with Crippen LogP contribution >= 0.6 is 11.3 Å². The van der Waals surface area contributed by atoms with Gasteiger partial charge in [-0.2, -0.15) is 0 Å². The van der Waals surface area contributed by atoms with Gasteiger partial charge < -0.3 is 5.11 Å². The second kappa shape index (κ2) is 5.00. The van der Waals surface area contributed by atoms with Crippen molar-refractivity contribution >= 4 is 22.3 Å². The van der Waals surface area contributed by atoms with E-state index in [-0.39, 0.29) is 5.69 Å². The molecule has 0 aliphatic carbocycles. The van der Waals surface area contributed by atoms with E-state index >= 15 is 0 Å². The van der Waals surface area contributed by atoms with E-state index in [1.807, 2.05) is 11.3 Å². The maximum Gasteiger partial charge on any atom is 0.356 e. The summed E-state index contributed by atoms with van der Waals surface area (Å²) in [6.07, 6.45) is 2.44. The molecule has 2 aromatic heterocycles. The Balaban J connectivity index is 1.99. The number of thiazole rings is 1. The van der Waals surface area contributed by atoms with Gasteiger partial charge in [0.25, 0.3) is 0 Å². The molecule has 4 nitrogen and oxygen atoms in total. The van der Waals surface area contributed by atoms with Crippen molar-refractivity contribution in [2.24, 2.45) is 0 Å². The number of carbonyl (C=O) groups is 1. The third kappa shape index (κ3) is 2.56. The quantitative estimate of drug-likeness (QED) is 0.804. The first kappa shape index (κ1) is 13.8. The Kier molecular flexibility index (Phi) is 3.29. The minimum atomic E-state index is -0.985. The van der Waals surface area contributed by atoms with E-state index in [4.69, 9.17) is 5.11 Å². The number of aromatic carboxylic acids is 1. The first-order valence-corrected chi connectivity index (χ1v) is 7.53. The predicted molar refractivity (Wildman–Crippen MR) is 83.5 cm³/mol. The number of imidazole rings is 1. The van der Waals surface area contributed by atoms with Gasteiger partial charge in [-0.1, -0.05) is 29.3 Å². The molecule has 0 aliphatic heterocycles. The molecular formula is C16H16N2O2S. The Hall–Kier alpha value is -2.14. The molecular weight excluding hydrogens is 284 g/mol. The van der Waals surface area contributed by atoms with Crippen molar-refractivity contribution < 1.29 is 9.90 Å². The van der Waals surface area contributed by atoms with Gasteiger partial charge in [-0.15, -0.1) is 11.3 Å². The van der Waals surface area contributed by atoms with Crippen LogP contribution in [0.2, 0.25) is 0 Å². The first-order valence-electron chi connectivity index (χ1n) is 6.72. The zero-order valence-corrected chi connectivity index (χ0v) is 13.0. The van der Waals surface area contributed by atoms with Crippen LogP contribution in [0.4, 0.5) is 0 Å². The zero-order chi connectivity index (χ0) is 15.1. The lowest BCUT2D eigenvalue weighted by Gasteiger charge is -2.04. The number of aryl methyl sites for hydroxylation is 3. The summed E-state index contributed by atoms with van der Waals surface area (Å²) in [7, 11) is 0. The molecule has 0 amide bonds. The monoisotopic (exact) mass is 300 g/mol. The van der Waals surface area contributed by atoms with E-state index in [1.54, 1.807) is 17.5 Å². The van der Waals surface area contributed by atoms with Crippen molar-refractivity contribution in [1.82, 2.24) is 9.38 Å². The number of rotatable bonds is 3. The SMILES string of the molecule is Cc1cc(C)cc(Cc2sc3nc(C(=O)O)cn3c2C)c1. The van der Waals surface area contributed by atoms with Crippen molar-refractivity contribution in [3.05, 3.63) is 57.4 Å². The molecule has 0 saturated carbocycles. The number of carboxylic acids is 1. The van der Waals surface area contributed by atoms with Gasteiger partial charge >= 0.3 is 5.97 Å². The zero-order valence-electron chi connectivity index (χ0n) is 12.2. The van der Waals surface area contributed by atoms with Crippen LogP contribution in [0.5, 0.6) is 0 Å². The second-order valence-electron chi connectivity index (χ2n) is 5.37. The highest BCUT2D eigenvalue weighted by molar-refractivity contribution is 7.17. The van der Waals surface area contributed by atoms with Gasteiger partial charge in [0.1, 0.15) is 0 Å². The third-order valence-electron chi connectivity index (χ3n) is 3.52. The normalized spacial score (nSPS) is 11.2. The summed E-state index contributed by atoms with van der Waals surface area (Å²) in [4.78, 5) is 17.1. The maximum atomic E-state index is 11.0. The number of nitrogens with zero attached hydrogens (tertiary/aromatic N) is 2. The van der Waals surface area contributed by atoms with Crippen molar-refractivity contribution in [3.8, 4) is 0 Å². The third-order valence-corrected chi connectivity index (χ3v) is 4.67. The van der Waals surface area contributed by atoms with E-state index in [0.29, 0.717) is 0 Å². The average Bonchev–Trinajstić information content (AvgIpc) is 2.90. The fourth-order valence-corrected chi connectivity index (χ4v) is 3.75. The molecule has 0 aliphatic rings. The lowest BCUT2D eigenvalue weighted by Crippen LogP contribution is -1.96. The summed E-state index contributed by atoms with van der Waals surface area (Å²) in [5, 5.41) is 8.99. The summed E-state index contributed by atoms with van der Waals surface area (Å²) in [5.74, 6) is -0.985. The summed E-state index contributed by atoms with van der Waals surface area (Å²) in [6, 6.07) is 6.55. The van der Waals surface area contributed by atoms with E-state index < -0.39 is 5.97 Å².